The van der Waals surface area contributed by atoms with Crippen LogP contribution in [0.5, 0.6) is 0 Å². The molecule has 0 saturated carbocycles. The SMILES string of the molecule is CC/C=C\C/C=C\C/C=C\C/C=C\C/C=C\CCCCCC(=O)OC(COC(=O)CCCCCCC/C=C\CCCC)COC(=O)CCCCCCCCCCCCC/C=C\CCCCCCCCCC. The summed E-state index contributed by atoms with van der Waals surface area (Å²) in [6, 6.07) is 0. The van der Waals surface area contributed by atoms with E-state index in [1.807, 2.05) is 0 Å². The molecule has 6 nitrogen and oxygen atoms in total. The van der Waals surface area contributed by atoms with Gasteiger partial charge in [-0.3, -0.25) is 14.4 Å². The Morgan fingerprint density at radius 2 is 0.563 bits per heavy atom. The van der Waals surface area contributed by atoms with E-state index in [1.54, 1.807) is 0 Å². The summed E-state index contributed by atoms with van der Waals surface area (Å²) in [7, 11) is 0. The lowest BCUT2D eigenvalue weighted by molar-refractivity contribution is -0.167. The maximum Gasteiger partial charge on any atom is 0.306 e. The first-order chi connectivity index (χ1) is 35.0. The maximum atomic E-state index is 12.9. The van der Waals surface area contributed by atoms with E-state index in [-0.39, 0.29) is 37.5 Å². The van der Waals surface area contributed by atoms with Gasteiger partial charge in [-0.2, -0.15) is 0 Å². The predicted molar refractivity (Wildman–Crippen MR) is 307 cm³/mol. The molecular weight excluding hydrogens is 877 g/mol. The molecule has 0 aliphatic rings. The molecule has 0 spiro atoms. The lowest BCUT2D eigenvalue weighted by Gasteiger charge is -2.18. The van der Waals surface area contributed by atoms with E-state index in [9.17, 15) is 14.4 Å². The fourth-order valence-corrected chi connectivity index (χ4v) is 8.33. The first-order valence-electron chi connectivity index (χ1n) is 30.1. The third-order valence-electron chi connectivity index (χ3n) is 12.9. The number of carbonyl (C=O) groups is 3. The Hall–Kier alpha value is -3.41. The van der Waals surface area contributed by atoms with Gasteiger partial charge in [-0.15, -0.1) is 0 Å². The quantitative estimate of drug-likeness (QED) is 0.0261. The topological polar surface area (TPSA) is 78.9 Å². The van der Waals surface area contributed by atoms with Crippen molar-refractivity contribution in [3.05, 3.63) is 85.1 Å². The Kier molecular flexibility index (Phi) is 56.3. The number of rotatable bonds is 54. The summed E-state index contributed by atoms with van der Waals surface area (Å²) in [5.74, 6) is -0.929. The van der Waals surface area contributed by atoms with Gasteiger partial charge < -0.3 is 14.2 Å². The molecule has 0 aliphatic heterocycles. The van der Waals surface area contributed by atoms with E-state index in [4.69, 9.17) is 14.2 Å². The van der Waals surface area contributed by atoms with Gasteiger partial charge in [0.2, 0.25) is 0 Å². The van der Waals surface area contributed by atoms with Crippen molar-refractivity contribution in [2.75, 3.05) is 13.2 Å². The lowest BCUT2D eigenvalue weighted by atomic mass is 10.0. The second kappa shape index (κ2) is 59.2. The zero-order valence-electron chi connectivity index (χ0n) is 46.7. The Bertz CT molecular complexity index is 1370. The lowest BCUT2D eigenvalue weighted by Crippen LogP contribution is -2.30. The van der Waals surface area contributed by atoms with Gasteiger partial charge in [0.25, 0.3) is 0 Å². The zero-order chi connectivity index (χ0) is 51.4. The van der Waals surface area contributed by atoms with Crippen molar-refractivity contribution in [3.63, 3.8) is 0 Å². The average molecular weight is 990 g/mol. The number of carbonyl (C=O) groups excluding carboxylic acids is 3. The van der Waals surface area contributed by atoms with Crippen LogP contribution >= 0.6 is 0 Å². The maximum absolute atomic E-state index is 12.9. The molecule has 0 radical (unpaired) electrons. The summed E-state index contributed by atoms with van der Waals surface area (Å²) in [5, 5.41) is 0. The summed E-state index contributed by atoms with van der Waals surface area (Å²) in [4.78, 5) is 38.2. The van der Waals surface area contributed by atoms with Crippen molar-refractivity contribution in [2.45, 2.75) is 297 Å². The highest BCUT2D eigenvalue weighted by atomic mass is 16.6. The smallest absolute Gasteiger partial charge is 0.306 e. The van der Waals surface area contributed by atoms with Crippen molar-refractivity contribution < 1.29 is 28.6 Å². The van der Waals surface area contributed by atoms with Crippen LogP contribution in [0.2, 0.25) is 0 Å². The molecule has 0 fully saturated rings. The predicted octanol–water partition coefficient (Wildman–Crippen LogP) is 20.3. The zero-order valence-corrected chi connectivity index (χ0v) is 46.7. The molecule has 0 bridgehead atoms. The van der Waals surface area contributed by atoms with Gasteiger partial charge in [0, 0.05) is 19.3 Å². The number of allylic oxidation sites excluding steroid dienone is 14. The van der Waals surface area contributed by atoms with E-state index in [0.717, 1.165) is 109 Å². The van der Waals surface area contributed by atoms with Gasteiger partial charge >= 0.3 is 17.9 Å². The minimum atomic E-state index is -0.798. The summed E-state index contributed by atoms with van der Waals surface area (Å²) in [6.45, 7) is 6.47. The molecule has 0 N–H and O–H groups in total. The molecule has 6 heteroatoms. The van der Waals surface area contributed by atoms with E-state index in [2.05, 4.69) is 106 Å². The second-order valence-corrected chi connectivity index (χ2v) is 19.9. The van der Waals surface area contributed by atoms with Gasteiger partial charge in [0.1, 0.15) is 13.2 Å². The summed E-state index contributed by atoms with van der Waals surface area (Å²) >= 11 is 0. The van der Waals surface area contributed by atoms with Crippen LogP contribution in [0.15, 0.2) is 85.1 Å². The van der Waals surface area contributed by atoms with E-state index >= 15 is 0 Å². The molecule has 0 saturated heterocycles. The second-order valence-electron chi connectivity index (χ2n) is 19.9. The van der Waals surface area contributed by atoms with Crippen LogP contribution in [-0.2, 0) is 28.6 Å². The van der Waals surface area contributed by atoms with Gasteiger partial charge in [0.15, 0.2) is 6.10 Å². The van der Waals surface area contributed by atoms with Crippen molar-refractivity contribution in [1.82, 2.24) is 0 Å². The molecule has 408 valence electrons. The minimum absolute atomic E-state index is 0.0924. The Morgan fingerprint density at radius 1 is 0.296 bits per heavy atom. The standard InChI is InChI=1S/C65H112O6/c1-4-7-10-13-16-19-22-24-26-28-30-31-32-33-35-36-38-40-43-46-49-52-55-58-64(67)70-61-62(60-69-63(66)57-54-51-48-45-42-21-18-15-12-9-6-3)71-65(68)59-56-53-50-47-44-41-39-37-34-29-27-25-23-20-17-14-11-8-5-2/h8,11,15,17-18,20,25,27-28,30,34,37,41,44,62H,4-7,9-10,12-14,16,19,21-24,26,29,31-33,35-36,38-40,42-43,45-61H2,1-3H3/b11-8-,18-15-,20-17-,27-25-,30-28-,37-34-,44-41-. The molecule has 0 aromatic carbocycles. The van der Waals surface area contributed by atoms with Crippen molar-refractivity contribution in [3.8, 4) is 0 Å². The first-order valence-corrected chi connectivity index (χ1v) is 30.1. The number of hydrogen-bond acceptors (Lipinski definition) is 6. The highest BCUT2D eigenvalue weighted by Crippen LogP contribution is 2.15. The van der Waals surface area contributed by atoms with E-state index < -0.39 is 6.10 Å². The van der Waals surface area contributed by atoms with Crippen molar-refractivity contribution in [1.29, 1.82) is 0 Å². The number of ether oxygens (including phenoxy) is 3. The largest absolute Gasteiger partial charge is 0.462 e. The van der Waals surface area contributed by atoms with Gasteiger partial charge in [0.05, 0.1) is 0 Å². The fourth-order valence-electron chi connectivity index (χ4n) is 8.33. The molecule has 0 aromatic heterocycles. The molecule has 0 aromatic rings. The number of hydrogen-bond donors (Lipinski definition) is 0. The average Bonchev–Trinajstić information content (AvgIpc) is 3.37. The molecule has 0 rings (SSSR count). The van der Waals surface area contributed by atoms with Crippen LogP contribution in [0.4, 0.5) is 0 Å². The van der Waals surface area contributed by atoms with Gasteiger partial charge in [-0.05, 0) is 109 Å². The van der Waals surface area contributed by atoms with Crippen LogP contribution in [0.3, 0.4) is 0 Å². The van der Waals surface area contributed by atoms with Crippen LogP contribution in [0.25, 0.3) is 0 Å². The Labute approximate surface area is 439 Å². The van der Waals surface area contributed by atoms with Crippen molar-refractivity contribution >= 4 is 17.9 Å². The van der Waals surface area contributed by atoms with Crippen molar-refractivity contribution in [2.24, 2.45) is 0 Å². The van der Waals surface area contributed by atoms with Crippen LogP contribution in [0.1, 0.15) is 290 Å². The minimum Gasteiger partial charge on any atom is -0.462 e. The number of unbranched alkanes of at least 4 members (excludes halogenated alkanes) is 29. The van der Waals surface area contributed by atoms with Gasteiger partial charge in [-0.1, -0.05) is 247 Å². The molecule has 71 heavy (non-hydrogen) atoms. The molecule has 0 aliphatic carbocycles. The summed E-state index contributed by atoms with van der Waals surface area (Å²) < 4.78 is 16.8. The van der Waals surface area contributed by atoms with Gasteiger partial charge in [-0.25, -0.2) is 0 Å². The normalized spacial score (nSPS) is 12.7. The van der Waals surface area contributed by atoms with Crippen LogP contribution < -0.4 is 0 Å². The molecule has 1 unspecified atom stereocenters. The van der Waals surface area contributed by atoms with E-state index in [0.29, 0.717) is 12.8 Å². The molecule has 1 atom stereocenters. The summed E-state index contributed by atoms with van der Waals surface area (Å²) in [6.07, 6.45) is 77.3. The van der Waals surface area contributed by atoms with E-state index in [1.165, 1.54) is 141 Å². The third-order valence-corrected chi connectivity index (χ3v) is 12.9. The Morgan fingerprint density at radius 3 is 0.930 bits per heavy atom. The van der Waals surface area contributed by atoms with Crippen LogP contribution in [0, 0.1) is 0 Å². The number of esters is 3. The Balaban J connectivity index is 4.34. The van der Waals surface area contributed by atoms with Crippen LogP contribution in [-0.4, -0.2) is 37.2 Å². The highest BCUT2D eigenvalue weighted by molar-refractivity contribution is 5.71. The monoisotopic (exact) mass is 989 g/mol. The molecule has 0 amide bonds. The summed E-state index contributed by atoms with van der Waals surface area (Å²) in [5.41, 5.74) is 0. The molecular formula is C65H112O6. The molecule has 0 heterocycles. The highest BCUT2D eigenvalue weighted by Gasteiger charge is 2.19. The third kappa shape index (κ3) is 57.4. The fraction of sp³-hybridized carbons (Fsp3) is 0.738. The first kappa shape index (κ1) is 67.6.